The summed E-state index contributed by atoms with van der Waals surface area (Å²) in [6.07, 6.45) is 4.13. The van der Waals surface area contributed by atoms with Crippen molar-refractivity contribution in [3.63, 3.8) is 0 Å². The van der Waals surface area contributed by atoms with E-state index in [0.29, 0.717) is 0 Å². The van der Waals surface area contributed by atoms with E-state index in [1.54, 1.807) is 0 Å². The first-order valence-corrected chi connectivity index (χ1v) is 7.29. The number of carbonyl (C=O) groups excluding carboxylic acids is 2. The number of amides is 3. The van der Waals surface area contributed by atoms with Gasteiger partial charge < -0.3 is 10.4 Å². The molecule has 6 heteroatoms. The van der Waals surface area contributed by atoms with Gasteiger partial charge in [-0.25, -0.2) is 4.79 Å². The highest BCUT2D eigenvalue weighted by Gasteiger charge is 2.23. The molecule has 6 nitrogen and oxygen atoms in total. The molecule has 0 radical (unpaired) electrons. The Balaban J connectivity index is 2.45. The molecule has 0 aromatic rings. The summed E-state index contributed by atoms with van der Waals surface area (Å²) >= 11 is 0. The van der Waals surface area contributed by atoms with Crippen molar-refractivity contribution in [2.24, 2.45) is 0 Å². The van der Waals surface area contributed by atoms with E-state index in [-0.39, 0.29) is 30.6 Å². The average molecular weight is 285 g/mol. The lowest BCUT2D eigenvalue weighted by atomic mass is 10.1. The highest BCUT2D eigenvalue weighted by Crippen LogP contribution is 2.15. The van der Waals surface area contributed by atoms with Crippen LogP contribution in [0.3, 0.4) is 0 Å². The maximum atomic E-state index is 11.9. The number of aliphatic hydroxyl groups is 1. The number of urea groups is 1. The Kier molecular flexibility index (Phi) is 6.42. The second-order valence-electron chi connectivity index (χ2n) is 6.41. The van der Waals surface area contributed by atoms with Gasteiger partial charge in [-0.1, -0.05) is 12.8 Å². The summed E-state index contributed by atoms with van der Waals surface area (Å²) in [6.45, 7) is 6.57. The summed E-state index contributed by atoms with van der Waals surface area (Å²) in [7, 11) is 0. The number of likely N-dealkylation sites (tertiary alicyclic amines) is 1. The van der Waals surface area contributed by atoms with Crippen LogP contribution >= 0.6 is 0 Å². The minimum atomic E-state index is -0.474. The van der Waals surface area contributed by atoms with Crippen LogP contribution in [-0.2, 0) is 4.79 Å². The molecule has 0 spiro atoms. The van der Waals surface area contributed by atoms with Gasteiger partial charge in [0.15, 0.2) is 0 Å². The van der Waals surface area contributed by atoms with Gasteiger partial charge in [-0.05, 0) is 40.2 Å². The molecule has 0 aromatic carbocycles. The molecule has 1 heterocycles. The monoisotopic (exact) mass is 285 g/mol. The number of nitrogens with zero attached hydrogens (tertiary/aromatic N) is 1. The van der Waals surface area contributed by atoms with Crippen LogP contribution in [-0.4, -0.2) is 53.2 Å². The fourth-order valence-electron chi connectivity index (χ4n) is 2.37. The van der Waals surface area contributed by atoms with E-state index in [9.17, 15) is 14.7 Å². The minimum absolute atomic E-state index is 0.0222. The SMILES string of the molecule is CC(C)(C)NC(=O)NC(=O)CN1CCCCCC1CO. The van der Waals surface area contributed by atoms with E-state index in [1.165, 1.54) is 0 Å². The lowest BCUT2D eigenvalue weighted by Gasteiger charge is -2.27. The molecule has 1 unspecified atom stereocenters. The topological polar surface area (TPSA) is 81.7 Å². The molecule has 1 saturated heterocycles. The number of hydrogen-bond donors (Lipinski definition) is 3. The molecule has 3 amide bonds. The van der Waals surface area contributed by atoms with Crippen molar-refractivity contribution in [1.29, 1.82) is 0 Å². The van der Waals surface area contributed by atoms with Gasteiger partial charge in [0.05, 0.1) is 13.2 Å². The Morgan fingerprint density at radius 1 is 1.25 bits per heavy atom. The number of aliphatic hydroxyl groups excluding tert-OH is 1. The lowest BCUT2D eigenvalue weighted by Crippen LogP contribution is -2.51. The molecule has 116 valence electrons. The molecule has 1 aliphatic heterocycles. The summed E-state index contributed by atoms with van der Waals surface area (Å²) in [4.78, 5) is 25.5. The van der Waals surface area contributed by atoms with Gasteiger partial charge in [0.2, 0.25) is 5.91 Å². The Bertz CT molecular complexity index is 339. The average Bonchev–Trinajstić information content (AvgIpc) is 2.51. The summed E-state index contributed by atoms with van der Waals surface area (Å²) in [6, 6.07) is -0.452. The molecule has 1 fully saturated rings. The van der Waals surface area contributed by atoms with Crippen molar-refractivity contribution in [2.75, 3.05) is 19.7 Å². The molecule has 1 rings (SSSR count). The standard InChI is InChI=1S/C14H27N3O3/c1-14(2,3)16-13(20)15-12(19)9-17-8-6-4-5-7-11(17)10-18/h11,18H,4-10H2,1-3H3,(H2,15,16,19,20). The number of nitrogens with one attached hydrogen (secondary N) is 2. The second kappa shape index (κ2) is 7.59. The maximum absolute atomic E-state index is 11.9. The Hall–Kier alpha value is -1.14. The van der Waals surface area contributed by atoms with Gasteiger partial charge in [0.1, 0.15) is 0 Å². The van der Waals surface area contributed by atoms with Crippen molar-refractivity contribution >= 4 is 11.9 Å². The first kappa shape index (κ1) is 16.9. The molecule has 0 bridgehead atoms. The number of imide groups is 1. The van der Waals surface area contributed by atoms with Gasteiger partial charge in [-0.2, -0.15) is 0 Å². The summed E-state index contributed by atoms with van der Waals surface area (Å²) < 4.78 is 0. The Morgan fingerprint density at radius 3 is 2.55 bits per heavy atom. The van der Waals surface area contributed by atoms with Crippen LogP contribution in [0.1, 0.15) is 46.5 Å². The van der Waals surface area contributed by atoms with Gasteiger partial charge in [-0.3, -0.25) is 15.0 Å². The van der Waals surface area contributed by atoms with Gasteiger partial charge in [0.25, 0.3) is 0 Å². The number of hydrogen-bond acceptors (Lipinski definition) is 4. The third kappa shape index (κ3) is 6.34. The molecule has 0 saturated carbocycles. The highest BCUT2D eigenvalue weighted by molar-refractivity contribution is 5.95. The van der Waals surface area contributed by atoms with Crippen LogP contribution < -0.4 is 10.6 Å². The first-order chi connectivity index (χ1) is 9.31. The molecule has 0 aromatic heterocycles. The predicted molar refractivity (Wildman–Crippen MR) is 77.3 cm³/mol. The largest absolute Gasteiger partial charge is 0.395 e. The number of carbonyl (C=O) groups is 2. The van der Waals surface area contributed by atoms with E-state index in [2.05, 4.69) is 10.6 Å². The Morgan fingerprint density at radius 2 is 1.95 bits per heavy atom. The molecule has 1 atom stereocenters. The molecule has 20 heavy (non-hydrogen) atoms. The summed E-state index contributed by atoms with van der Waals surface area (Å²) in [5, 5.41) is 14.4. The van der Waals surface area contributed by atoms with Crippen LogP contribution in [0.25, 0.3) is 0 Å². The van der Waals surface area contributed by atoms with E-state index < -0.39 is 6.03 Å². The number of rotatable bonds is 3. The van der Waals surface area contributed by atoms with Crippen LogP contribution in [0.4, 0.5) is 4.79 Å². The van der Waals surface area contributed by atoms with Gasteiger partial charge in [-0.15, -0.1) is 0 Å². The van der Waals surface area contributed by atoms with Crippen LogP contribution in [0.15, 0.2) is 0 Å². The van der Waals surface area contributed by atoms with E-state index >= 15 is 0 Å². The summed E-state index contributed by atoms with van der Waals surface area (Å²) in [5.41, 5.74) is -0.374. The third-order valence-electron chi connectivity index (χ3n) is 3.30. The first-order valence-electron chi connectivity index (χ1n) is 7.29. The van der Waals surface area contributed by atoms with Gasteiger partial charge in [0, 0.05) is 11.6 Å². The zero-order valence-corrected chi connectivity index (χ0v) is 12.7. The fraction of sp³-hybridized carbons (Fsp3) is 0.857. The zero-order chi connectivity index (χ0) is 15.2. The maximum Gasteiger partial charge on any atom is 0.321 e. The van der Waals surface area contributed by atoms with Crippen molar-refractivity contribution in [3.05, 3.63) is 0 Å². The van der Waals surface area contributed by atoms with Crippen LogP contribution in [0.5, 0.6) is 0 Å². The van der Waals surface area contributed by atoms with Crippen LogP contribution in [0, 0.1) is 0 Å². The predicted octanol–water partition coefficient (Wildman–Crippen LogP) is 0.848. The van der Waals surface area contributed by atoms with Crippen molar-refractivity contribution in [2.45, 2.75) is 58.0 Å². The normalized spacial score (nSPS) is 21.1. The molecular weight excluding hydrogens is 258 g/mol. The summed E-state index contributed by atoms with van der Waals surface area (Å²) in [5.74, 6) is -0.327. The third-order valence-corrected chi connectivity index (χ3v) is 3.30. The molecular formula is C14H27N3O3. The van der Waals surface area contributed by atoms with Crippen molar-refractivity contribution < 1.29 is 14.7 Å². The van der Waals surface area contributed by atoms with E-state index in [1.807, 2.05) is 25.7 Å². The smallest absolute Gasteiger partial charge is 0.321 e. The zero-order valence-electron chi connectivity index (χ0n) is 12.7. The molecule has 3 N–H and O–H groups in total. The van der Waals surface area contributed by atoms with E-state index in [4.69, 9.17) is 0 Å². The highest BCUT2D eigenvalue weighted by atomic mass is 16.3. The van der Waals surface area contributed by atoms with Crippen molar-refractivity contribution in [1.82, 2.24) is 15.5 Å². The van der Waals surface area contributed by atoms with Crippen LogP contribution in [0.2, 0.25) is 0 Å². The quantitative estimate of drug-likeness (QED) is 0.718. The van der Waals surface area contributed by atoms with Gasteiger partial charge >= 0.3 is 6.03 Å². The minimum Gasteiger partial charge on any atom is -0.395 e. The molecule has 0 aliphatic carbocycles. The molecule has 1 aliphatic rings. The second-order valence-corrected chi connectivity index (χ2v) is 6.41. The lowest BCUT2D eigenvalue weighted by molar-refractivity contribution is -0.121. The fourth-order valence-corrected chi connectivity index (χ4v) is 2.37. The van der Waals surface area contributed by atoms with E-state index in [0.717, 1.165) is 32.2 Å². The Labute approximate surface area is 120 Å². The van der Waals surface area contributed by atoms with Crippen molar-refractivity contribution in [3.8, 4) is 0 Å².